The lowest BCUT2D eigenvalue weighted by molar-refractivity contribution is -0.131. The Morgan fingerprint density at radius 1 is 0.833 bits per heavy atom. The lowest BCUT2D eigenvalue weighted by Gasteiger charge is -2.28. The first kappa shape index (κ1) is 17.0. The fraction of sp³-hybridized carbons (Fsp3) is 0.600. The molecule has 2 amide bonds. The van der Waals surface area contributed by atoms with Crippen LogP contribution in [0.5, 0.6) is 0 Å². The molecule has 2 aliphatic carbocycles. The lowest BCUT2D eigenvalue weighted by atomic mass is 9.81. The second-order valence-electron chi connectivity index (χ2n) is 7.24. The van der Waals surface area contributed by atoms with Crippen molar-refractivity contribution in [2.45, 2.75) is 64.0 Å². The molecule has 3 rings (SSSR count). The van der Waals surface area contributed by atoms with Crippen molar-refractivity contribution >= 4 is 11.8 Å². The molecule has 0 radical (unpaired) electrons. The maximum absolute atomic E-state index is 12.3. The van der Waals surface area contributed by atoms with E-state index in [1.165, 1.54) is 12.8 Å². The van der Waals surface area contributed by atoms with Crippen LogP contribution in [0.2, 0.25) is 0 Å². The number of carbonyl (C=O) groups excluding carboxylic acids is 2. The number of amides is 2. The molecule has 2 aliphatic rings. The van der Waals surface area contributed by atoms with E-state index in [1.54, 1.807) is 0 Å². The van der Waals surface area contributed by atoms with E-state index in [1.807, 2.05) is 30.3 Å². The summed E-state index contributed by atoms with van der Waals surface area (Å²) in [4.78, 5) is 24.6. The summed E-state index contributed by atoms with van der Waals surface area (Å²) in [6, 6.07) is 10.4. The van der Waals surface area contributed by atoms with Crippen LogP contribution in [0.4, 0.5) is 0 Å². The third-order valence-electron chi connectivity index (χ3n) is 5.48. The zero-order chi connectivity index (χ0) is 16.8. The molecule has 4 nitrogen and oxygen atoms in total. The highest BCUT2D eigenvalue weighted by atomic mass is 16.2. The Balaban J connectivity index is 1.39. The van der Waals surface area contributed by atoms with Crippen LogP contribution in [0.25, 0.3) is 0 Å². The fourth-order valence-corrected chi connectivity index (χ4v) is 3.94. The molecule has 0 spiro atoms. The molecule has 1 aromatic carbocycles. The van der Waals surface area contributed by atoms with Gasteiger partial charge in [-0.15, -0.1) is 0 Å². The van der Waals surface area contributed by atoms with Crippen molar-refractivity contribution in [2.75, 3.05) is 0 Å². The van der Waals surface area contributed by atoms with E-state index in [0.29, 0.717) is 12.6 Å². The Labute approximate surface area is 144 Å². The van der Waals surface area contributed by atoms with E-state index in [9.17, 15) is 9.59 Å². The summed E-state index contributed by atoms with van der Waals surface area (Å²) in [6.45, 7) is 0.585. The van der Waals surface area contributed by atoms with Crippen LogP contribution in [0.15, 0.2) is 30.3 Å². The largest absolute Gasteiger partial charge is 0.353 e. The van der Waals surface area contributed by atoms with Gasteiger partial charge in [0.05, 0.1) is 0 Å². The molecular weight excluding hydrogens is 300 g/mol. The Kier molecular flexibility index (Phi) is 5.89. The van der Waals surface area contributed by atoms with Gasteiger partial charge in [0.1, 0.15) is 0 Å². The molecule has 2 fully saturated rings. The first-order valence-corrected chi connectivity index (χ1v) is 9.34. The molecule has 2 N–H and O–H groups in total. The molecule has 4 heteroatoms. The quantitative estimate of drug-likeness (QED) is 0.872. The first-order chi connectivity index (χ1) is 11.7. The Hall–Kier alpha value is -1.84. The van der Waals surface area contributed by atoms with Crippen molar-refractivity contribution in [2.24, 2.45) is 11.8 Å². The van der Waals surface area contributed by atoms with Gasteiger partial charge < -0.3 is 10.6 Å². The minimum absolute atomic E-state index is 0.0595. The molecule has 0 unspecified atom stereocenters. The second-order valence-corrected chi connectivity index (χ2v) is 7.24. The second kappa shape index (κ2) is 8.32. The van der Waals surface area contributed by atoms with Gasteiger partial charge in [0, 0.05) is 24.4 Å². The third-order valence-corrected chi connectivity index (χ3v) is 5.48. The van der Waals surface area contributed by atoms with Gasteiger partial charge in [0.25, 0.3) is 0 Å². The number of carbonyl (C=O) groups is 2. The van der Waals surface area contributed by atoms with Crippen LogP contribution in [-0.4, -0.2) is 17.9 Å². The van der Waals surface area contributed by atoms with Crippen molar-refractivity contribution in [3.63, 3.8) is 0 Å². The zero-order valence-corrected chi connectivity index (χ0v) is 14.3. The summed E-state index contributed by atoms with van der Waals surface area (Å²) < 4.78 is 0. The summed E-state index contributed by atoms with van der Waals surface area (Å²) in [5, 5.41) is 6.23. The number of nitrogens with one attached hydrogen (secondary N) is 2. The van der Waals surface area contributed by atoms with Gasteiger partial charge >= 0.3 is 0 Å². The van der Waals surface area contributed by atoms with Gasteiger partial charge in [-0.2, -0.15) is 0 Å². The number of benzene rings is 1. The average molecular weight is 328 g/mol. The molecule has 1 aromatic rings. The zero-order valence-electron chi connectivity index (χ0n) is 14.3. The van der Waals surface area contributed by atoms with Gasteiger partial charge in [-0.1, -0.05) is 43.2 Å². The standard InChI is InChI=1S/C20H28N2O2/c23-19(21-14-15-6-2-1-3-7-15)16-10-12-17(13-11-16)20(24)22-18-8-4-5-9-18/h1-3,6-7,16-18H,4-5,8-14H2,(H,21,23)(H,22,24). The minimum Gasteiger partial charge on any atom is -0.353 e. The van der Waals surface area contributed by atoms with Crippen LogP contribution >= 0.6 is 0 Å². The fourth-order valence-electron chi connectivity index (χ4n) is 3.94. The van der Waals surface area contributed by atoms with Crippen molar-refractivity contribution in [3.05, 3.63) is 35.9 Å². The molecular formula is C20H28N2O2. The Morgan fingerprint density at radius 3 is 2.04 bits per heavy atom. The van der Waals surface area contributed by atoms with E-state index in [2.05, 4.69) is 10.6 Å². The van der Waals surface area contributed by atoms with Crippen molar-refractivity contribution < 1.29 is 9.59 Å². The van der Waals surface area contributed by atoms with E-state index in [-0.39, 0.29) is 23.7 Å². The molecule has 0 aromatic heterocycles. The predicted octanol–water partition coefficient (Wildman–Crippen LogP) is 3.17. The van der Waals surface area contributed by atoms with Crippen molar-refractivity contribution in [3.8, 4) is 0 Å². The van der Waals surface area contributed by atoms with Crippen LogP contribution in [0.3, 0.4) is 0 Å². The third kappa shape index (κ3) is 4.59. The van der Waals surface area contributed by atoms with E-state index in [0.717, 1.165) is 44.1 Å². The van der Waals surface area contributed by atoms with Crippen molar-refractivity contribution in [1.29, 1.82) is 0 Å². The predicted molar refractivity (Wildman–Crippen MR) is 94.1 cm³/mol. The molecule has 24 heavy (non-hydrogen) atoms. The first-order valence-electron chi connectivity index (χ1n) is 9.34. The van der Waals surface area contributed by atoms with Crippen LogP contribution in [0, 0.1) is 11.8 Å². The molecule has 0 bridgehead atoms. The monoisotopic (exact) mass is 328 g/mol. The molecule has 130 valence electrons. The van der Waals surface area contributed by atoms with Gasteiger partial charge in [-0.3, -0.25) is 9.59 Å². The van der Waals surface area contributed by atoms with Crippen LogP contribution in [0.1, 0.15) is 56.9 Å². The van der Waals surface area contributed by atoms with Crippen LogP contribution < -0.4 is 10.6 Å². The van der Waals surface area contributed by atoms with Gasteiger partial charge in [0.15, 0.2) is 0 Å². The summed E-state index contributed by atoms with van der Waals surface area (Å²) in [5.41, 5.74) is 1.12. The Bertz CT molecular complexity index is 544. The minimum atomic E-state index is 0.0595. The lowest BCUT2D eigenvalue weighted by Crippen LogP contribution is -2.40. The molecule has 0 saturated heterocycles. The smallest absolute Gasteiger partial charge is 0.223 e. The maximum atomic E-state index is 12.3. The SMILES string of the molecule is O=C(NCc1ccccc1)C1CCC(C(=O)NC2CCCC2)CC1. The summed E-state index contributed by atoms with van der Waals surface area (Å²) in [5.74, 6) is 0.506. The molecule has 0 atom stereocenters. The number of hydrogen-bond donors (Lipinski definition) is 2. The normalized spacial score (nSPS) is 24.5. The van der Waals surface area contributed by atoms with Gasteiger partial charge in [-0.05, 0) is 44.1 Å². The number of hydrogen-bond acceptors (Lipinski definition) is 2. The highest BCUT2D eigenvalue weighted by Crippen LogP contribution is 2.30. The van der Waals surface area contributed by atoms with Crippen molar-refractivity contribution in [1.82, 2.24) is 10.6 Å². The van der Waals surface area contributed by atoms with Gasteiger partial charge in [0.2, 0.25) is 11.8 Å². The highest BCUT2D eigenvalue weighted by molar-refractivity contribution is 5.81. The molecule has 0 aliphatic heterocycles. The van der Waals surface area contributed by atoms with E-state index in [4.69, 9.17) is 0 Å². The molecule has 2 saturated carbocycles. The Morgan fingerprint density at radius 2 is 1.42 bits per heavy atom. The summed E-state index contributed by atoms with van der Waals surface area (Å²) in [7, 11) is 0. The molecule has 0 heterocycles. The van der Waals surface area contributed by atoms with E-state index >= 15 is 0 Å². The topological polar surface area (TPSA) is 58.2 Å². The average Bonchev–Trinajstić information content (AvgIpc) is 3.13. The summed E-state index contributed by atoms with van der Waals surface area (Å²) >= 11 is 0. The van der Waals surface area contributed by atoms with Gasteiger partial charge in [-0.25, -0.2) is 0 Å². The number of rotatable bonds is 5. The maximum Gasteiger partial charge on any atom is 0.223 e. The van der Waals surface area contributed by atoms with E-state index < -0.39 is 0 Å². The summed E-state index contributed by atoms with van der Waals surface area (Å²) in [6.07, 6.45) is 8.04. The van der Waals surface area contributed by atoms with Crippen LogP contribution in [-0.2, 0) is 16.1 Å². The highest BCUT2D eigenvalue weighted by Gasteiger charge is 2.31.